The summed E-state index contributed by atoms with van der Waals surface area (Å²) in [6.07, 6.45) is -8.93. The second kappa shape index (κ2) is 11.2. The van der Waals surface area contributed by atoms with Gasteiger partial charge in [0.2, 0.25) is 0 Å². The maximum Gasteiger partial charge on any atom is 0.430 e. The molecule has 0 aromatic heterocycles. The van der Waals surface area contributed by atoms with Crippen LogP contribution >= 0.6 is 0 Å². The van der Waals surface area contributed by atoms with Gasteiger partial charge in [-0.1, -0.05) is 87.5 Å². The molecule has 3 aromatic rings. The van der Waals surface area contributed by atoms with Crippen LogP contribution in [0.2, 0.25) is 0 Å². The van der Waals surface area contributed by atoms with E-state index >= 15 is 0 Å². The Morgan fingerprint density at radius 1 is 0.718 bits per heavy atom. The van der Waals surface area contributed by atoms with Crippen molar-refractivity contribution in [2.75, 3.05) is 0 Å². The van der Waals surface area contributed by atoms with E-state index in [1.54, 1.807) is 19.1 Å². The first-order chi connectivity index (χ1) is 18.1. The van der Waals surface area contributed by atoms with Crippen molar-refractivity contribution in [2.24, 2.45) is 0 Å². The lowest BCUT2D eigenvalue weighted by Crippen LogP contribution is -2.55. The van der Waals surface area contributed by atoms with Crippen molar-refractivity contribution in [1.29, 1.82) is 0 Å². The van der Waals surface area contributed by atoms with Crippen molar-refractivity contribution >= 4 is 6.08 Å². The summed E-state index contributed by atoms with van der Waals surface area (Å²) < 4.78 is 78.5. The van der Waals surface area contributed by atoms with Crippen LogP contribution in [0, 0.1) is 13.8 Å². The van der Waals surface area contributed by atoms with Gasteiger partial charge in [-0.3, -0.25) is 0 Å². The molecule has 0 heterocycles. The molecule has 39 heavy (non-hydrogen) atoms. The number of aryl methyl sites for hydroxylation is 3. The molecule has 0 fully saturated rings. The van der Waals surface area contributed by atoms with Crippen molar-refractivity contribution in [2.45, 2.75) is 77.2 Å². The van der Waals surface area contributed by atoms with Crippen LogP contribution in [-0.4, -0.2) is 23.1 Å². The van der Waals surface area contributed by atoms with Gasteiger partial charge in [0, 0.05) is 5.41 Å². The molecule has 0 aliphatic rings. The molecule has 0 aliphatic carbocycles. The number of halogens is 6. The second-order valence-electron chi connectivity index (χ2n) is 10.0. The van der Waals surface area contributed by atoms with Gasteiger partial charge in [-0.05, 0) is 83.7 Å². The molecule has 0 saturated heterocycles. The number of hydrogen-bond acceptors (Lipinski definition) is 1. The first-order valence-electron chi connectivity index (χ1n) is 13.0. The zero-order chi connectivity index (χ0) is 29.2. The quantitative estimate of drug-likeness (QED) is 0.278. The van der Waals surface area contributed by atoms with E-state index in [-0.39, 0.29) is 11.6 Å². The average Bonchev–Trinajstić information content (AvgIpc) is 2.88. The van der Waals surface area contributed by atoms with Gasteiger partial charge in [-0.15, -0.1) is 0 Å². The van der Waals surface area contributed by atoms with E-state index in [1.807, 2.05) is 6.07 Å². The largest absolute Gasteiger partial charge is 0.430 e. The number of rotatable bonds is 8. The molecule has 0 spiro atoms. The summed E-state index contributed by atoms with van der Waals surface area (Å²) in [6.45, 7) is 9.94. The maximum absolute atomic E-state index is 13.1. The van der Waals surface area contributed by atoms with Crippen LogP contribution in [-0.2, 0) is 11.8 Å². The summed E-state index contributed by atoms with van der Waals surface area (Å²) in [7, 11) is 0. The van der Waals surface area contributed by atoms with Crippen molar-refractivity contribution in [3.05, 3.63) is 100 Å². The Morgan fingerprint density at radius 3 is 1.77 bits per heavy atom. The van der Waals surface area contributed by atoms with Gasteiger partial charge in [0.25, 0.3) is 5.60 Å². The lowest BCUT2D eigenvalue weighted by Gasteiger charge is -2.34. The lowest BCUT2D eigenvalue weighted by atomic mass is 9.69. The van der Waals surface area contributed by atoms with Crippen LogP contribution in [0.4, 0.5) is 26.3 Å². The van der Waals surface area contributed by atoms with Gasteiger partial charge < -0.3 is 5.11 Å². The first-order valence-corrected chi connectivity index (χ1v) is 13.0. The van der Waals surface area contributed by atoms with Crippen LogP contribution in [0.15, 0.2) is 66.7 Å². The van der Waals surface area contributed by atoms with Crippen molar-refractivity contribution in [1.82, 2.24) is 0 Å². The molecule has 0 unspecified atom stereocenters. The van der Waals surface area contributed by atoms with E-state index in [4.69, 9.17) is 0 Å². The predicted octanol–water partition coefficient (Wildman–Crippen LogP) is 9.51. The Bertz CT molecular complexity index is 1320. The Kier molecular flexibility index (Phi) is 8.76. The molecule has 1 nitrogen and oxygen atoms in total. The van der Waals surface area contributed by atoms with Crippen LogP contribution in [0.1, 0.15) is 67.0 Å². The van der Waals surface area contributed by atoms with E-state index in [2.05, 4.69) is 64.1 Å². The fourth-order valence-corrected chi connectivity index (χ4v) is 5.20. The van der Waals surface area contributed by atoms with Gasteiger partial charge in [0.1, 0.15) is 0 Å². The molecule has 7 heteroatoms. The molecular weight excluding hydrogens is 514 g/mol. The van der Waals surface area contributed by atoms with Crippen LogP contribution in [0.5, 0.6) is 0 Å². The molecule has 0 saturated carbocycles. The minimum Gasteiger partial charge on any atom is -0.370 e. The fraction of sp³-hybridized carbons (Fsp3) is 0.375. The normalized spacial score (nSPS) is 13.3. The molecule has 1 N–H and O–H groups in total. The summed E-state index contributed by atoms with van der Waals surface area (Å²) in [5.74, 6) is 0. The van der Waals surface area contributed by atoms with Crippen molar-refractivity contribution in [3.63, 3.8) is 0 Å². The lowest BCUT2D eigenvalue weighted by molar-refractivity contribution is -0.347. The third-order valence-corrected chi connectivity index (χ3v) is 7.82. The van der Waals surface area contributed by atoms with E-state index in [9.17, 15) is 31.4 Å². The Labute approximate surface area is 226 Å². The highest BCUT2D eigenvalue weighted by atomic mass is 19.4. The van der Waals surface area contributed by atoms with Crippen molar-refractivity contribution in [3.8, 4) is 11.1 Å². The minimum atomic E-state index is -5.91. The average molecular weight is 549 g/mol. The van der Waals surface area contributed by atoms with Gasteiger partial charge in [-0.25, -0.2) is 0 Å². The van der Waals surface area contributed by atoms with Crippen LogP contribution in [0.3, 0.4) is 0 Å². The third-order valence-electron chi connectivity index (χ3n) is 7.82. The third kappa shape index (κ3) is 5.79. The topological polar surface area (TPSA) is 20.2 Å². The first kappa shape index (κ1) is 30.5. The van der Waals surface area contributed by atoms with E-state index < -0.39 is 23.4 Å². The van der Waals surface area contributed by atoms with Gasteiger partial charge in [-0.2, -0.15) is 26.3 Å². The molecule has 3 rings (SSSR count). The van der Waals surface area contributed by atoms with Gasteiger partial charge in [0.15, 0.2) is 0 Å². The Morgan fingerprint density at radius 2 is 1.28 bits per heavy atom. The standard InChI is InChI=1S/C32H34F6O/c1-6-23-10-9-11-25(20-23)28-15-14-27(19-22(28)5)29(7-2,8-3)26-13-12-24(21(4)18-26)16-17-30(39,31(33,34)35)32(36,37)38/h9-20,39H,6-8H2,1-5H3/b17-16+. The zero-order valence-corrected chi connectivity index (χ0v) is 22.8. The summed E-state index contributed by atoms with van der Waals surface area (Å²) in [5, 5.41) is 9.47. The maximum atomic E-state index is 13.1. The second-order valence-corrected chi connectivity index (χ2v) is 10.0. The Hall–Kier alpha value is -3.06. The van der Waals surface area contributed by atoms with Gasteiger partial charge >= 0.3 is 12.4 Å². The summed E-state index contributed by atoms with van der Waals surface area (Å²) in [4.78, 5) is 0. The highest BCUT2D eigenvalue weighted by Crippen LogP contribution is 2.45. The highest BCUT2D eigenvalue weighted by molar-refractivity contribution is 5.69. The van der Waals surface area contributed by atoms with E-state index in [1.165, 1.54) is 11.6 Å². The monoisotopic (exact) mass is 548 g/mol. The molecule has 0 amide bonds. The van der Waals surface area contributed by atoms with E-state index in [0.717, 1.165) is 47.1 Å². The molecule has 0 aliphatic heterocycles. The highest BCUT2D eigenvalue weighted by Gasteiger charge is 2.68. The summed E-state index contributed by atoms with van der Waals surface area (Å²) >= 11 is 0. The Balaban J connectivity index is 2.03. The number of benzene rings is 3. The summed E-state index contributed by atoms with van der Waals surface area (Å²) in [6, 6.07) is 19.8. The molecular formula is C32H34F6O. The predicted molar refractivity (Wildman–Crippen MR) is 145 cm³/mol. The molecule has 210 valence electrons. The van der Waals surface area contributed by atoms with E-state index in [0.29, 0.717) is 11.6 Å². The number of hydrogen-bond donors (Lipinski definition) is 1. The summed E-state index contributed by atoms with van der Waals surface area (Å²) in [5.41, 5.74) is 1.98. The number of alkyl halides is 6. The SMILES string of the molecule is CCc1cccc(-c2ccc(C(CC)(CC)c3ccc(/C=C/C(O)(C(F)(F)F)C(F)(F)F)c(C)c3)cc2C)c1. The number of aliphatic hydroxyl groups is 1. The van der Waals surface area contributed by atoms with Gasteiger partial charge in [0.05, 0.1) is 0 Å². The van der Waals surface area contributed by atoms with Crippen molar-refractivity contribution < 1.29 is 31.4 Å². The minimum absolute atomic E-state index is 0.161. The molecule has 0 bridgehead atoms. The van der Waals surface area contributed by atoms with Crippen LogP contribution < -0.4 is 0 Å². The zero-order valence-electron chi connectivity index (χ0n) is 22.8. The van der Waals surface area contributed by atoms with Crippen LogP contribution in [0.25, 0.3) is 17.2 Å². The molecule has 0 radical (unpaired) electrons. The molecule has 3 aromatic carbocycles. The fourth-order valence-electron chi connectivity index (χ4n) is 5.20. The molecule has 0 atom stereocenters. The smallest absolute Gasteiger partial charge is 0.370 e.